The highest BCUT2D eigenvalue weighted by Gasteiger charge is 2.17. The number of aromatic nitrogens is 2. The SMILES string of the molecule is COCCn1ncc(Cl)c1C(=O)CSc1cccc(F)c1. The molecule has 112 valence electrons. The molecule has 1 aromatic heterocycles. The van der Waals surface area contributed by atoms with E-state index in [2.05, 4.69) is 5.10 Å². The molecule has 4 nitrogen and oxygen atoms in total. The van der Waals surface area contributed by atoms with Gasteiger partial charge in [0, 0.05) is 12.0 Å². The van der Waals surface area contributed by atoms with Crippen LogP contribution in [-0.4, -0.2) is 35.0 Å². The first-order valence-electron chi connectivity index (χ1n) is 6.23. The standard InChI is InChI=1S/C14H14ClFN2O2S/c1-20-6-5-18-14(12(15)8-17-18)13(19)9-21-11-4-2-3-10(16)7-11/h2-4,7-8H,5-6,9H2,1H3. The van der Waals surface area contributed by atoms with E-state index in [1.165, 1.54) is 34.8 Å². The lowest BCUT2D eigenvalue weighted by atomic mass is 10.3. The Kier molecular flexibility index (Phi) is 5.78. The summed E-state index contributed by atoms with van der Waals surface area (Å²) in [6.45, 7) is 0.893. The largest absolute Gasteiger partial charge is 0.383 e. The molecule has 0 fully saturated rings. The van der Waals surface area contributed by atoms with Gasteiger partial charge in [-0.3, -0.25) is 9.48 Å². The van der Waals surface area contributed by atoms with Crippen molar-refractivity contribution in [3.05, 3.63) is 47.0 Å². The van der Waals surface area contributed by atoms with Gasteiger partial charge in [-0.2, -0.15) is 5.10 Å². The Bertz CT molecular complexity index is 633. The number of hydrogen-bond donors (Lipinski definition) is 0. The highest BCUT2D eigenvalue weighted by Crippen LogP contribution is 2.22. The molecule has 0 atom stereocenters. The maximum Gasteiger partial charge on any atom is 0.192 e. The average molecular weight is 329 g/mol. The zero-order chi connectivity index (χ0) is 15.2. The molecular formula is C14H14ClFN2O2S. The Hall–Kier alpha value is -1.37. The van der Waals surface area contributed by atoms with Gasteiger partial charge in [0.2, 0.25) is 0 Å². The number of thioether (sulfide) groups is 1. The van der Waals surface area contributed by atoms with Crippen molar-refractivity contribution in [1.82, 2.24) is 9.78 Å². The van der Waals surface area contributed by atoms with Crippen molar-refractivity contribution in [2.45, 2.75) is 11.4 Å². The molecule has 0 saturated heterocycles. The number of halogens is 2. The molecule has 0 saturated carbocycles. The van der Waals surface area contributed by atoms with Crippen molar-refractivity contribution in [3.8, 4) is 0 Å². The Morgan fingerprint density at radius 1 is 1.52 bits per heavy atom. The lowest BCUT2D eigenvalue weighted by molar-refractivity contribution is 0.100. The number of methoxy groups -OCH3 is 1. The molecule has 0 bridgehead atoms. The molecule has 0 radical (unpaired) electrons. The number of nitrogens with zero attached hydrogens (tertiary/aromatic N) is 2. The molecular weight excluding hydrogens is 315 g/mol. The maximum atomic E-state index is 13.1. The predicted octanol–water partition coefficient (Wildman–Crippen LogP) is 3.30. The van der Waals surface area contributed by atoms with Crippen molar-refractivity contribution in [2.24, 2.45) is 0 Å². The third-order valence-corrected chi connectivity index (χ3v) is 4.00. The number of rotatable bonds is 7. The van der Waals surface area contributed by atoms with Crippen LogP contribution < -0.4 is 0 Å². The highest BCUT2D eigenvalue weighted by molar-refractivity contribution is 8.00. The van der Waals surface area contributed by atoms with Crippen molar-refractivity contribution in [3.63, 3.8) is 0 Å². The third kappa shape index (κ3) is 4.30. The topological polar surface area (TPSA) is 44.1 Å². The van der Waals surface area contributed by atoms with E-state index in [9.17, 15) is 9.18 Å². The lowest BCUT2D eigenvalue weighted by Crippen LogP contribution is -2.15. The second-order valence-electron chi connectivity index (χ2n) is 4.23. The van der Waals surface area contributed by atoms with Crippen LogP contribution in [0.1, 0.15) is 10.5 Å². The number of carbonyl (C=O) groups excluding carboxylic acids is 1. The van der Waals surface area contributed by atoms with Crippen molar-refractivity contribution >= 4 is 29.1 Å². The lowest BCUT2D eigenvalue weighted by Gasteiger charge is -2.07. The fourth-order valence-electron chi connectivity index (χ4n) is 1.76. The quantitative estimate of drug-likeness (QED) is 0.578. The monoisotopic (exact) mass is 328 g/mol. The van der Waals surface area contributed by atoms with Gasteiger partial charge in [0.25, 0.3) is 0 Å². The van der Waals surface area contributed by atoms with Crippen LogP contribution in [0, 0.1) is 5.82 Å². The van der Waals surface area contributed by atoms with Crippen molar-refractivity contribution in [2.75, 3.05) is 19.5 Å². The van der Waals surface area contributed by atoms with Gasteiger partial charge >= 0.3 is 0 Å². The molecule has 2 rings (SSSR count). The minimum atomic E-state index is -0.324. The fourth-order valence-corrected chi connectivity index (χ4v) is 2.81. The summed E-state index contributed by atoms with van der Waals surface area (Å²) in [5.41, 5.74) is 0.359. The molecule has 0 aliphatic carbocycles. The number of ether oxygens (including phenoxy) is 1. The second kappa shape index (κ2) is 7.59. The summed E-state index contributed by atoms with van der Waals surface area (Å²) < 4.78 is 19.6. The summed E-state index contributed by atoms with van der Waals surface area (Å²) in [5.74, 6) is -0.305. The summed E-state index contributed by atoms with van der Waals surface area (Å²) in [7, 11) is 1.58. The highest BCUT2D eigenvalue weighted by atomic mass is 35.5. The molecule has 0 N–H and O–H groups in total. The van der Waals surface area contributed by atoms with Crippen molar-refractivity contribution in [1.29, 1.82) is 0 Å². The maximum absolute atomic E-state index is 13.1. The van der Waals surface area contributed by atoms with Gasteiger partial charge in [-0.15, -0.1) is 11.8 Å². The zero-order valence-corrected chi connectivity index (χ0v) is 13.0. The Labute approximate surface area is 131 Å². The third-order valence-electron chi connectivity index (χ3n) is 2.73. The summed E-state index contributed by atoms with van der Waals surface area (Å²) in [5, 5.41) is 4.37. The predicted molar refractivity (Wildman–Crippen MR) is 80.6 cm³/mol. The number of benzene rings is 1. The van der Waals surface area contributed by atoms with E-state index in [1.807, 2.05) is 0 Å². The minimum absolute atomic E-state index is 0.150. The van der Waals surface area contributed by atoms with E-state index in [1.54, 1.807) is 19.2 Å². The molecule has 0 spiro atoms. The number of carbonyl (C=O) groups is 1. The molecule has 0 unspecified atom stereocenters. The van der Waals surface area contributed by atoms with Crippen LogP contribution in [0.5, 0.6) is 0 Å². The van der Waals surface area contributed by atoms with Gasteiger partial charge in [-0.1, -0.05) is 17.7 Å². The van der Waals surface area contributed by atoms with Gasteiger partial charge in [0.05, 0.1) is 30.1 Å². The first-order valence-corrected chi connectivity index (χ1v) is 7.60. The van der Waals surface area contributed by atoms with Crippen LogP contribution in [0.15, 0.2) is 35.4 Å². The molecule has 0 aliphatic heterocycles. The molecule has 0 aliphatic rings. The van der Waals surface area contributed by atoms with Gasteiger partial charge in [-0.25, -0.2) is 4.39 Å². The van der Waals surface area contributed by atoms with Crippen LogP contribution in [0.25, 0.3) is 0 Å². The number of Topliss-reactive ketones (excluding diaryl/α,β-unsaturated/α-hetero) is 1. The molecule has 7 heteroatoms. The van der Waals surface area contributed by atoms with Crippen LogP contribution in [-0.2, 0) is 11.3 Å². The van der Waals surface area contributed by atoms with Gasteiger partial charge in [-0.05, 0) is 18.2 Å². The Morgan fingerprint density at radius 2 is 2.33 bits per heavy atom. The zero-order valence-electron chi connectivity index (χ0n) is 11.4. The summed E-state index contributed by atoms with van der Waals surface area (Å²) in [6, 6.07) is 6.12. The smallest absolute Gasteiger partial charge is 0.192 e. The fraction of sp³-hybridized carbons (Fsp3) is 0.286. The number of hydrogen-bond acceptors (Lipinski definition) is 4. The van der Waals surface area contributed by atoms with E-state index in [-0.39, 0.29) is 17.4 Å². The van der Waals surface area contributed by atoms with Crippen LogP contribution >= 0.6 is 23.4 Å². The van der Waals surface area contributed by atoms with E-state index in [0.29, 0.717) is 28.8 Å². The van der Waals surface area contributed by atoms with Gasteiger partial charge in [0.15, 0.2) is 5.78 Å². The molecule has 0 amide bonds. The first kappa shape index (κ1) is 16.0. The Morgan fingerprint density at radius 3 is 3.05 bits per heavy atom. The normalized spacial score (nSPS) is 10.8. The summed E-state index contributed by atoms with van der Waals surface area (Å²) in [4.78, 5) is 13.0. The average Bonchev–Trinajstić information content (AvgIpc) is 2.83. The molecule has 1 heterocycles. The molecule has 1 aromatic carbocycles. The first-order chi connectivity index (χ1) is 10.1. The summed E-state index contributed by atoms with van der Waals surface area (Å²) in [6.07, 6.45) is 1.44. The van der Waals surface area contributed by atoms with Gasteiger partial charge < -0.3 is 4.74 Å². The van der Waals surface area contributed by atoms with Crippen LogP contribution in [0.2, 0.25) is 5.02 Å². The molecule has 21 heavy (non-hydrogen) atoms. The van der Waals surface area contributed by atoms with E-state index in [0.717, 1.165) is 0 Å². The van der Waals surface area contributed by atoms with Crippen molar-refractivity contribution < 1.29 is 13.9 Å². The van der Waals surface area contributed by atoms with E-state index >= 15 is 0 Å². The van der Waals surface area contributed by atoms with Gasteiger partial charge in [0.1, 0.15) is 11.5 Å². The van der Waals surface area contributed by atoms with Crippen LogP contribution in [0.4, 0.5) is 4.39 Å². The Balaban J connectivity index is 2.04. The van der Waals surface area contributed by atoms with E-state index < -0.39 is 0 Å². The van der Waals surface area contributed by atoms with Crippen LogP contribution in [0.3, 0.4) is 0 Å². The van der Waals surface area contributed by atoms with E-state index in [4.69, 9.17) is 16.3 Å². The summed E-state index contributed by atoms with van der Waals surface area (Å²) >= 11 is 7.27. The second-order valence-corrected chi connectivity index (χ2v) is 5.68. The minimum Gasteiger partial charge on any atom is -0.383 e. The number of ketones is 1. The molecule has 2 aromatic rings.